The summed E-state index contributed by atoms with van der Waals surface area (Å²) < 4.78 is 6.21. The smallest absolute Gasteiger partial charge is 0.323 e. The number of esters is 1. The van der Waals surface area contributed by atoms with Gasteiger partial charge in [0, 0.05) is 13.0 Å². The van der Waals surface area contributed by atoms with E-state index in [2.05, 4.69) is 14.8 Å². The zero-order chi connectivity index (χ0) is 10.6. The molecule has 1 unspecified atom stereocenters. The fraction of sp³-hybridized carbons (Fsp3) is 0.625. The lowest BCUT2D eigenvalue weighted by molar-refractivity contribution is -0.142. The molecule has 2 N–H and O–H groups in total. The van der Waals surface area contributed by atoms with Gasteiger partial charge in [0.05, 0.1) is 7.11 Å². The van der Waals surface area contributed by atoms with Crippen LogP contribution < -0.4 is 5.73 Å². The van der Waals surface area contributed by atoms with Gasteiger partial charge in [-0.1, -0.05) is 0 Å². The van der Waals surface area contributed by atoms with Crippen molar-refractivity contribution in [3.8, 4) is 0 Å². The van der Waals surface area contributed by atoms with E-state index < -0.39 is 12.0 Å². The maximum Gasteiger partial charge on any atom is 0.323 e. The van der Waals surface area contributed by atoms with E-state index in [1.807, 2.05) is 6.92 Å². The Morgan fingerprint density at radius 2 is 2.50 bits per heavy atom. The summed E-state index contributed by atoms with van der Waals surface area (Å²) >= 11 is 0. The number of aryl methyl sites for hydroxylation is 1. The Morgan fingerprint density at radius 3 is 3.07 bits per heavy atom. The first-order valence-corrected chi connectivity index (χ1v) is 4.39. The summed E-state index contributed by atoms with van der Waals surface area (Å²) in [5.41, 5.74) is 5.59. The van der Waals surface area contributed by atoms with Crippen molar-refractivity contribution in [1.29, 1.82) is 0 Å². The molecule has 14 heavy (non-hydrogen) atoms. The van der Waals surface area contributed by atoms with Crippen LogP contribution >= 0.6 is 0 Å². The molecule has 0 aliphatic rings. The lowest BCUT2D eigenvalue weighted by Crippen LogP contribution is -2.34. The van der Waals surface area contributed by atoms with E-state index in [1.54, 1.807) is 4.68 Å². The van der Waals surface area contributed by atoms with E-state index in [0.717, 1.165) is 0 Å². The van der Waals surface area contributed by atoms with E-state index in [9.17, 15) is 4.79 Å². The van der Waals surface area contributed by atoms with Crippen LogP contribution in [-0.2, 0) is 22.5 Å². The Labute approximate surface area is 82.1 Å². The number of rotatable bonds is 4. The molecule has 1 heterocycles. The number of ether oxygens (including phenoxy) is 1. The van der Waals surface area contributed by atoms with Gasteiger partial charge in [-0.3, -0.25) is 9.48 Å². The van der Waals surface area contributed by atoms with Crippen molar-refractivity contribution in [2.75, 3.05) is 7.11 Å². The summed E-state index contributed by atoms with van der Waals surface area (Å²) in [6.45, 7) is 2.66. The number of nitrogens with two attached hydrogens (primary N) is 1. The summed E-state index contributed by atoms with van der Waals surface area (Å²) in [6, 6.07) is -0.672. The number of nitrogens with zero attached hydrogens (tertiary/aromatic N) is 3. The van der Waals surface area contributed by atoms with Crippen LogP contribution in [0.5, 0.6) is 0 Å². The summed E-state index contributed by atoms with van der Waals surface area (Å²) in [5.74, 6) is 0.265. The van der Waals surface area contributed by atoms with Gasteiger partial charge in [0.2, 0.25) is 0 Å². The summed E-state index contributed by atoms with van der Waals surface area (Å²) in [7, 11) is 1.31. The minimum Gasteiger partial charge on any atom is -0.468 e. The van der Waals surface area contributed by atoms with Crippen molar-refractivity contribution in [2.45, 2.75) is 25.9 Å². The second kappa shape index (κ2) is 4.71. The highest BCUT2D eigenvalue weighted by Gasteiger charge is 2.17. The third-order valence-corrected chi connectivity index (χ3v) is 1.90. The molecule has 0 spiro atoms. The average molecular weight is 198 g/mol. The number of carbonyl (C=O) groups is 1. The predicted octanol–water partition coefficient (Wildman–Crippen LogP) is -0.659. The lowest BCUT2D eigenvalue weighted by atomic mass is 10.2. The van der Waals surface area contributed by atoms with Crippen LogP contribution in [0.25, 0.3) is 0 Å². The van der Waals surface area contributed by atoms with Gasteiger partial charge >= 0.3 is 5.97 Å². The molecule has 0 radical (unpaired) electrons. The molecular formula is C8H14N4O2. The minimum atomic E-state index is -0.672. The van der Waals surface area contributed by atoms with Gasteiger partial charge in [-0.25, -0.2) is 4.98 Å². The van der Waals surface area contributed by atoms with Crippen molar-refractivity contribution in [3.05, 3.63) is 12.2 Å². The SMILES string of the molecule is CCn1ncnc1CC(N)C(=O)OC. The Bertz CT molecular complexity index is 310. The van der Waals surface area contributed by atoms with Gasteiger partial charge in [-0.15, -0.1) is 0 Å². The van der Waals surface area contributed by atoms with Crippen molar-refractivity contribution in [3.63, 3.8) is 0 Å². The zero-order valence-electron chi connectivity index (χ0n) is 8.30. The zero-order valence-corrected chi connectivity index (χ0v) is 8.30. The highest BCUT2D eigenvalue weighted by molar-refractivity contribution is 5.75. The van der Waals surface area contributed by atoms with Crippen molar-refractivity contribution in [2.24, 2.45) is 5.73 Å². The summed E-state index contributed by atoms with van der Waals surface area (Å²) in [5, 5.41) is 3.97. The number of aromatic nitrogens is 3. The fourth-order valence-corrected chi connectivity index (χ4v) is 1.14. The van der Waals surface area contributed by atoms with Gasteiger partial charge < -0.3 is 10.5 Å². The highest BCUT2D eigenvalue weighted by Crippen LogP contribution is 1.99. The molecule has 1 aromatic heterocycles. The number of carbonyl (C=O) groups excluding carboxylic acids is 1. The predicted molar refractivity (Wildman–Crippen MR) is 49.4 cm³/mol. The molecule has 0 aromatic carbocycles. The molecule has 0 amide bonds. The first-order chi connectivity index (χ1) is 6.69. The molecule has 0 aliphatic heterocycles. The molecule has 6 nitrogen and oxygen atoms in total. The molecule has 0 aliphatic carbocycles. The van der Waals surface area contributed by atoms with Crippen LogP contribution in [0.2, 0.25) is 0 Å². The molecule has 0 bridgehead atoms. The summed E-state index contributed by atoms with van der Waals surface area (Å²) in [4.78, 5) is 15.0. The van der Waals surface area contributed by atoms with E-state index in [-0.39, 0.29) is 0 Å². The topological polar surface area (TPSA) is 83.0 Å². The van der Waals surface area contributed by atoms with Crippen molar-refractivity contribution < 1.29 is 9.53 Å². The second-order valence-electron chi connectivity index (χ2n) is 2.83. The molecule has 1 aromatic rings. The third-order valence-electron chi connectivity index (χ3n) is 1.90. The number of hydrogen-bond donors (Lipinski definition) is 1. The van der Waals surface area contributed by atoms with Crippen LogP contribution in [-0.4, -0.2) is 33.9 Å². The van der Waals surface area contributed by atoms with Crippen LogP contribution in [0.4, 0.5) is 0 Å². The normalized spacial score (nSPS) is 12.5. The van der Waals surface area contributed by atoms with Gasteiger partial charge in [0.25, 0.3) is 0 Å². The maximum absolute atomic E-state index is 11.0. The van der Waals surface area contributed by atoms with Gasteiger partial charge in [-0.05, 0) is 6.92 Å². The van der Waals surface area contributed by atoms with E-state index in [0.29, 0.717) is 18.8 Å². The van der Waals surface area contributed by atoms with Crippen LogP contribution in [0, 0.1) is 0 Å². The average Bonchev–Trinajstić information content (AvgIpc) is 2.63. The molecule has 1 rings (SSSR count). The lowest BCUT2D eigenvalue weighted by Gasteiger charge is -2.08. The van der Waals surface area contributed by atoms with Crippen LogP contribution in [0.15, 0.2) is 6.33 Å². The van der Waals surface area contributed by atoms with E-state index >= 15 is 0 Å². The highest BCUT2D eigenvalue weighted by atomic mass is 16.5. The largest absolute Gasteiger partial charge is 0.468 e. The summed E-state index contributed by atoms with van der Waals surface area (Å²) in [6.07, 6.45) is 1.79. The van der Waals surface area contributed by atoms with Gasteiger partial charge in [0.1, 0.15) is 18.2 Å². The van der Waals surface area contributed by atoms with Gasteiger partial charge in [-0.2, -0.15) is 5.10 Å². The molecule has 0 saturated heterocycles. The quantitative estimate of drug-likeness (QED) is 0.649. The first kappa shape index (κ1) is 10.6. The Kier molecular flexibility index (Phi) is 3.58. The standard InChI is InChI=1S/C8H14N4O2/c1-3-12-7(10-5-11-12)4-6(9)8(13)14-2/h5-6H,3-4,9H2,1-2H3. The number of hydrogen-bond acceptors (Lipinski definition) is 5. The molecule has 78 valence electrons. The second-order valence-corrected chi connectivity index (χ2v) is 2.83. The van der Waals surface area contributed by atoms with Crippen molar-refractivity contribution in [1.82, 2.24) is 14.8 Å². The van der Waals surface area contributed by atoms with Crippen molar-refractivity contribution >= 4 is 5.97 Å². The fourth-order valence-electron chi connectivity index (χ4n) is 1.14. The van der Waals surface area contributed by atoms with Crippen LogP contribution in [0.3, 0.4) is 0 Å². The van der Waals surface area contributed by atoms with Crippen LogP contribution in [0.1, 0.15) is 12.7 Å². The molecule has 1 atom stereocenters. The van der Waals surface area contributed by atoms with Gasteiger partial charge in [0.15, 0.2) is 0 Å². The molecule has 6 heteroatoms. The molecular weight excluding hydrogens is 184 g/mol. The Morgan fingerprint density at radius 1 is 1.79 bits per heavy atom. The molecule has 0 saturated carbocycles. The third kappa shape index (κ3) is 2.29. The van der Waals surface area contributed by atoms with E-state index in [4.69, 9.17) is 5.73 Å². The first-order valence-electron chi connectivity index (χ1n) is 4.39. The molecule has 0 fully saturated rings. The minimum absolute atomic E-state index is 0.348. The monoisotopic (exact) mass is 198 g/mol. The Balaban J connectivity index is 2.64. The maximum atomic E-state index is 11.0. The van der Waals surface area contributed by atoms with E-state index in [1.165, 1.54) is 13.4 Å². The number of methoxy groups -OCH3 is 1. The Hall–Kier alpha value is -1.43.